The first kappa shape index (κ1) is 21.8. The Bertz CT molecular complexity index is 1040. The fraction of sp³-hybridized carbons (Fsp3) is 0.391. The van der Waals surface area contributed by atoms with Crippen LogP contribution in [0.1, 0.15) is 50.0 Å². The van der Waals surface area contributed by atoms with Crippen molar-refractivity contribution in [1.82, 2.24) is 20.6 Å². The number of carbonyl (C=O) groups excluding carboxylic acids is 1. The van der Waals surface area contributed by atoms with Gasteiger partial charge in [-0.1, -0.05) is 34.1 Å². The summed E-state index contributed by atoms with van der Waals surface area (Å²) in [7, 11) is 0. The van der Waals surface area contributed by atoms with Crippen molar-refractivity contribution in [3.8, 4) is 0 Å². The van der Waals surface area contributed by atoms with E-state index in [1.807, 2.05) is 31.2 Å². The zero-order chi connectivity index (χ0) is 22.0. The first-order valence-corrected chi connectivity index (χ1v) is 11.3. The lowest BCUT2D eigenvalue weighted by atomic mass is 9.84. The normalized spacial score (nSPS) is 22.3. The molecule has 8 heteroatoms. The SMILES string of the molecule is C[C@]1(O)CC[C@@H](NC(=O)N[C@H](Cc2ccc(Br)cc2F)c2nc3ccccc3[nH]2)CC1. The van der Waals surface area contributed by atoms with Crippen LogP contribution in [0.15, 0.2) is 46.9 Å². The van der Waals surface area contributed by atoms with E-state index in [9.17, 15) is 14.3 Å². The number of hydrogen-bond acceptors (Lipinski definition) is 3. The van der Waals surface area contributed by atoms with Crippen molar-refractivity contribution in [3.05, 3.63) is 64.1 Å². The van der Waals surface area contributed by atoms with Crippen LogP contribution >= 0.6 is 15.9 Å². The first-order valence-electron chi connectivity index (χ1n) is 10.5. The van der Waals surface area contributed by atoms with E-state index < -0.39 is 11.6 Å². The number of aliphatic hydroxyl groups is 1. The summed E-state index contributed by atoms with van der Waals surface area (Å²) in [5.74, 6) is 0.234. The molecular formula is C23H26BrFN4O2. The molecule has 4 N–H and O–H groups in total. The molecule has 4 rings (SSSR count). The van der Waals surface area contributed by atoms with Gasteiger partial charge in [0.25, 0.3) is 0 Å². The van der Waals surface area contributed by atoms with Crippen molar-refractivity contribution < 1.29 is 14.3 Å². The van der Waals surface area contributed by atoms with Gasteiger partial charge in [0.05, 0.1) is 22.7 Å². The number of para-hydroxylation sites is 2. The van der Waals surface area contributed by atoms with Crippen LogP contribution in [0.3, 0.4) is 0 Å². The van der Waals surface area contributed by atoms with Gasteiger partial charge in [-0.15, -0.1) is 0 Å². The van der Waals surface area contributed by atoms with Crippen molar-refractivity contribution in [3.63, 3.8) is 0 Å². The summed E-state index contributed by atoms with van der Waals surface area (Å²) < 4.78 is 15.2. The maximum absolute atomic E-state index is 14.5. The highest BCUT2D eigenvalue weighted by molar-refractivity contribution is 9.10. The van der Waals surface area contributed by atoms with Gasteiger partial charge >= 0.3 is 6.03 Å². The Balaban J connectivity index is 1.52. The van der Waals surface area contributed by atoms with Crippen LogP contribution in [0.2, 0.25) is 0 Å². The summed E-state index contributed by atoms with van der Waals surface area (Å²) in [5.41, 5.74) is 1.47. The summed E-state index contributed by atoms with van der Waals surface area (Å²) in [5, 5.41) is 16.1. The summed E-state index contributed by atoms with van der Waals surface area (Å²) in [4.78, 5) is 20.6. The van der Waals surface area contributed by atoms with Gasteiger partial charge in [0.15, 0.2) is 0 Å². The lowest BCUT2D eigenvalue weighted by Gasteiger charge is -2.33. The number of imidazole rings is 1. The standard InChI is InChI=1S/C23H26BrFN4O2/c1-23(31)10-8-16(9-11-23)26-22(30)29-20(12-14-6-7-15(24)13-17(14)25)21-27-18-4-2-3-5-19(18)28-21/h2-7,13,16,20,31H,8-12H2,1H3,(H,27,28)(H2,26,29,30)/t16-,20-,23+/m1/s1. The molecule has 6 nitrogen and oxygen atoms in total. The molecule has 3 aromatic rings. The van der Waals surface area contributed by atoms with Crippen LogP contribution in [0.25, 0.3) is 11.0 Å². The second-order valence-corrected chi connectivity index (χ2v) is 9.44. The minimum Gasteiger partial charge on any atom is -0.390 e. The quantitative estimate of drug-likeness (QED) is 0.418. The number of amides is 2. The predicted molar refractivity (Wildman–Crippen MR) is 121 cm³/mol. The number of nitrogens with zero attached hydrogens (tertiary/aromatic N) is 1. The highest BCUT2D eigenvalue weighted by Gasteiger charge is 2.30. The van der Waals surface area contributed by atoms with Gasteiger partial charge < -0.3 is 20.7 Å². The van der Waals surface area contributed by atoms with Crippen molar-refractivity contribution in [2.75, 3.05) is 0 Å². The maximum atomic E-state index is 14.5. The molecule has 1 atom stereocenters. The van der Waals surface area contributed by atoms with Crippen LogP contribution in [-0.2, 0) is 6.42 Å². The monoisotopic (exact) mass is 488 g/mol. The summed E-state index contributed by atoms with van der Waals surface area (Å²) in [6.45, 7) is 1.83. The maximum Gasteiger partial charge on any atom is 0.315 e. The van der Waals surface area contributed by atoms with Gasteiger partial charge in [0.1, 0.15) is 11.6 Å². The average molecular weight is 489 g/mol. The molecule has 1 fully saturated rings. The second kappa shape index (κ2) is 8.96. The molecule has 31 heavy (non-hydrogen) atoms. The van der Waals surface area contributed by atoms with Crippen molar-refractivity contribution in [1.29, 1.82) is 0 Å². The fourth-order valence-corrected chi connectivity index (χ4v) is 4.36. The van der Waals surface area contributed by atoms with Crippen LogP contribution in [0.5, 0.6) is 0 Å². The number of H-pyrrole nitrogens is 1. The van der Waals surface area contributed by atoms with Gasteiger partial charge in [-0.3, -0.25) is 0 Å². The zero-order valence-electron chi connectivity index (χ0n) is 17.3. The molecule has 1 saturated carbocycles. The molecule has 1 aliphatic carbocycles. The Labute approximate surface area is 188 Å². The third-order valence-electron chi connectivity index (χ3n) is 5.88. The Morgan fingerprint density at radius 1 is 1.32 bits per heavy atom. The Morgan fingerprint density at radius 2 is 2.06 bits per heavy atom. The average Bonchev–Trinajstić information content (AvgIpc) is 3.15. The molecule has 0 spiro atoms. The van der Waals surface area contributed by atoms with E-state index in [-0.39, 0.29) is 24.3 Å². The molecule has 1 heterocycles. The van der Waals surface area contributed by atoms with Gasteiger partial charge in [-0.25, -0.2) is 14.2 Å². The highest BCUT2D eigenvalue weighted by Crippen LogP contribution is 2.28. The zero-order valence-corrected chi connectivity index (χ0v) is 18.9. The number of benzene rings is 2. The first-order chi connectivity index (χ1) is 14.8. The van der Waals surface area contributed by atoms with E-state index in [1.165, 1.54) is 6.07 Å². The number of fused-ring (bicyclic) bond motifs is 1. The van der Waals surface area contributed by atoms with Crippen molar-refractivity contribution in [2.45, 2.75) is 56.7 Å². The van der Waals surface area contributed by atoms with Crippen molar-refractivity contribution in [2.24, 2.45) is 0 Å². The molecule has 2 amide bonds. The smallest absolute Gasteiger partial charge is 0.315 e. The molecular weight excluding hydrogens is 463 g/mol. The molecule has 2 aromatic carbocycles. The Kier molecular flexibility index (Phi) is 6.29. The van der Waals surface area contributed by atoms with Crippen LogP contribution in [0.4, 0.5) is 9.18 Å². The number of aromatic amines is 1. The summed E-state index contributed by atoms with van der Waals surface area (Å²) in [6.07, 6.45) is 2.99. The fourth-order valence-electron chi connectivity index (χ4n) is 4.03. The number of rotatable bonds is 5. The lowest BCUT2D eigenvalue weighted by Crippen LogP contribution is -2.47. The van der Waals surface area contributed by atoms with E-state index >= 15 is 0 Å². The molecule has 1 aromatic heterocycles. The highest BCUT2D eigenvalue weighted by atomic mass is 79.9. The molecule has 164 valence electrons. The van der Waals surface area contributed by atoms with E-state index in [0.717, 1.165) is 23.9 Å². The van der Waals surface area contributed by atoms with Gasteiger partial charge in [-0.2, -0.15) is 0 Å². The minimum absolute atomic E-state index is 0.000894. The molecule has 0 aliphatic heterocycles. The van der Waals surface area contributed by atoms with E-state index in [2.05, 4.69) is 36.5 Å². The minimum atomic E-state index is -0.662. The van der Waals surface area contributed by atoms with Crippen LogP contribution < -0.4 is 10.6 Å². The predicted octanol–water partition coefficient (Wildman–Crippen LogP) is 4.74. The lowest BCUT2D eigenvalue weighted by molar-refractivity contribution is 0.0151. The van der Waals surface area contributed by atoms with E-state index in [0.29, 0.717) is 28.7 Å². The summed E-state index contributed by atoms with van der Waals surface area (Å²) >= 11 is 3.28. The molecule has 0 radical (unpaired) electrons. The summed E-state index contributed by atoms with van der Waals surface area (Å²) in [6, 6.07) is 11.7. The molecule has 0 unspecified atom stereocenters. The number of hydrogen-bond donors (Lipinski definition) is 4. The molecule has 0 bridgehead atoms. The Morgan fingerprint density at radius 3 is 2.77 bits per heavy atom. The topological polar surface area (TPSA) is 90.0 Å². The number of nitrogens with one attached hydrogen (secondary N) is 3. The number of halogens is 2. The van der Waals surface area contributed by atoms with Crippen molar-refractivity contribution >= 4 is 33.0 Å². The van der Waals surface area contributed by atoms with E-state index in [1.54, 1.807) is 12.1 Å². The van der Waals surface area contributed by atoms with E-state index in [4.69, 9.17) is 0 Å². The van der Waals surface area contributed by atoms with Crippen LogP contribution in [0, 0.1) is 5.82 Å². The third kappa shape index (κ3) is 5.43. The number of urea groups is 1. The third-order valence-corrected chi connectivity index (χ3v) is 6.37. The second-order valence-electron chi connectivity index (χ2n) is 8.52. The largest absolute Gasteiger partial charge is 0.390 e. The number of carbonyl (C=O) groups is 1. The Hall–Kier alpha value is -2.45. The van der Waals surface area contributed by atoms with Gasteiger partial charge in [-0.05, 0) is 62.4 Å². The number of aromatic nitrogens is 2. The van der Waals surface area contributed by atoms with Crippen LogP contribution in [-0.4, -0.2) is 32.7 Å². The van der Waals surface area contributed by atoms with Gasteiger partial charge in [0.2, 0.25) is 0 Å². The molecule has 1 aliphatic rings. The molecule has 0 saturated heterocycles. The van der Waals surface area contributed by atoms with Gasteiger partial charge in [0, 0.05) is 16.9 Å².